The summed E-state index contributed by atoms with van der Waals surface area (Å²) in [7, 11) is 1.08. The summed E-state index contributed by atoms with van der Waals surface area (Å²) in [5, 5.41) is 0. The van der Waals surface area contributed by atoms with Gasteiger partial charge in [0.05, 0.1) is 0 Å². The van der Waals surface area contributed by atoms with E-state index in [1.807, 2.05) is 0 Å². The van der Waals surface area contributed by atoms with Crippen molar-refractivity contribution in [1.29, 1.82) is 0 Å². The number of ether oxygens (including phenoxy) is 4. The van der Waals surface area contributed by atoms with Crippen LogP contribution in [-0.2, 0) is 18.9 Å². The minimum Gasteiger partial charge on any atom is -0.359 e. The summed E-state index contributed by atoms with van der Waals surface area (Å²) in [4.78, 5) is 0. The second-order valence-corrected chi connectivity index (χ2v) is 12.1. The van der Waals surface area contributed by atoms with E-state index in [0.29, 0.717) is 14.2 Å². The third kappa shape index (κ3) is 6.61. The molecule has 2 bridgehead atoms. The highest BCUT2D eigenvalue weighted by Gasteiger charge is 2.84. The molecule has 2 aliphatic carbocycles. The number of alkyl halides is 18. The highest BCUT2D eigenvalue weighted by atomic mass is 19.4. The molecular formula is C25H30F18O4. The first-order valence-electron chi connectivity index (χ1n) is 13.4. The number of fused-ring (bicyclic) bond motifs is 2. The molecule has 4 nitrogen and oxygen atoms in total. The van der Waals surface area contributed by atoms with Gasteiger partial charge in [-0.15, -0.1) is 0 Å². The van der Waals surface area contributed by atoms with E-state index < -0.39 is 128 Å². The van der Waals surface area contributed by atoms with Crippen molar-refractivity contribution in [3.8, 4) is 0 Å². The average Bonchev–Trinajstić information content (AvgIpc) is 3.27. The molecule has 280 valence electrons. The van der Waals surface area contributed by atoms with Crippen molar-refractivity contribution >= 4 is 0 Å². The lowest BCUT2D eigenvalue weighted by molar-refractivity contribution is -0.414. The normalized spacial score (nSPS) is 28.8. The summed E-state index contributed by atoms with van der Waals surface area (Å²) in [5.41, 5.74) is -16.0. The summed E-state index contributed by atoms with van der Waals surface area (Å²) in [6.07, 6.45) is -44.5. The van der Waals surface area contributed by atoms with Gasteiger partial charge in [-0.1, -0.05) is 13.8 Å². The summed E-state index contributed by atoms with van der Waals surface area (Å²) in [5.74, 6) is -17.9. The maximum atomic E-state index is 14.7. The first kappa shape index (κ1) is 41.7. The Morgan fingerprint density at radius 1 is 0.468 bits per heavy atom. The molecule has 0 N–H and O–H groups in total. The second-order valence-electron chi connectivity index (χ2n) is 12.1. The van der Waals surface area contributed by atoms with Crippen LogP contribution in [0.1, 0.15) is 33.6 Å². The van der Waals surface area contributed by atoms with Gasteiger partial charge in [0.1, 0.15) is 13.6 Å². The summed E-state index contributed by atoms with van der Waals surface area (Å²) in [6, 6.07) is 0. The minimum atomic E-state index is -6.62. The monoisotopic (exact) mass is 736 g/mol. The standard InChI is InChI=1S/C25H30F18O4/c1-10-11(2)15-13(7-18(22(32,33)34,23(35,36)37)46-8-44-4)12(6-17(3,20(26,27)28)21(29,30)31)14(10)16(15)19(24(38,39)40,25(41,42)43)47-9-45-5/h10-16H,6-9H2,1-5H3. The van der Waals surface area contributed by atoms with Gasteiger partial charge in [-0.05, 0) is 55.3 Å². The summed E-state index contributed by atoms with van der Waals surface area (Å²) >= 11 is 0. The van der Waals surface area contributed by atoms with Gasteiger partial charge in [0.25, 0.3) is 11.2 Å². The smallest absolute Gasteiger partial charge is 0.359 e. The average molecular weight is 736 g/mol. The molecule has 2 fully saturated rings. The van der Waals surface area contributed by atoms with Crippen LogP contribution >= 0.6 is 0 Å². The Kier molecular flexibility index (Phi) is 11.3. The fourth-order valence-corrected chi connectivity index (χ4v) is 7.53. The maximum Gasteiger partial charge on any atom is 0.426 e. The van der Waals surface area contributed by atoms with Crippen molar-refractivity contribution in [3.63, 3.8) is 0 Å². The number of methoxy groups -OCH3 is 2. The molecule has 2 rings (SSSR count). The Hall–Kier alpha value is -1.42. The van der Waals surface area contributed by atoms with Crippen molar-refractivity contribution in [3.05, 3.63) is 0 Å². The Balaban J connectivity index is 3.11. The molecule has 0 aromatic carbocycles. The molecule has 0 heterocycles. The van der Waals surface area contributed by atoms with Crippen molar-refractivity contribution in [2.75, 3.05) is 27.8 Å². The topological polar surface area (TPSA) is 36.9 Å². The van der Waals surface area contributed by atoms with Gasteiger partial charge >= 0.3 is 37.1 Å². The van der Waals surface area contributed by atoms with Crippen LogP contribution in [0.15, 0.2) is 0 Å². The van der Waals surface area contributed by atoms with Gasteiger partial charge in [0.2, 0.25) is 0 Å². The van der Waals surface area contributed by atoms with Crippen molar-refractivity contribution in [1.82, 2.24) is 0 Å². The van der Waals surface area contributed by atoms with Crippen LogP contribution in [-0.4, -0.2) is 76.1 Å². The van der Waals surface area contributed by atoms with Crippen LogP contribution in [0.2, 0.25) is 0 Å². The molecule has 0 amide bonds. The minimum absolute atomic E-state index is 0.532. The van der Waals surface area contributed by atoms with E-state index in [2.05, 4.69) is 18.9 Å². The van der Waals surface area contributed by atoms with E-state index in [1.165, 1.54) is 0 Å². The Bertz CT molecular complexity index is 1020. The van der Waals surface area contributed by atoms with Crippen LogP contribution < -0.4 is 0 Å². The fraction of sp³-hybridized carbons (Fsp3) is 1.00. The molecule has 2 aliphatic rings. The predicted molar refractivity (Wildman–Crippen MR) is 121 cm³/mol. The molecule has 0 saturated heterocycles. The van der Waals surface area contributed by atoms with Gasteiger partial charge in [0.15, 0.2) is 5.41 Å². The predicted octanol–water partition coefficient (Wildman–Crippen LogP) is 9.25. The molecule has 47 heavy (non-hydrogen) atoms. The van der Waals surface area contributed by atoms with Crippen LogP contribution in [0.3, 0.4) is 0 Å². The van der Waals surface area contributed by atoms with E-state index in [-0.39, 0.29) is 0 Å². The molecule has 2 saturated carbocycles. The summed E-state index contributed by atoms with van der Waals surface area (Å²) < 4.78 is 275. The van der Waals surface area contributed by atoms with Crippen LogP contribution in [0.25, 0.3) is 0 Å². The largest absolute Gasteiger partial charge is 0.426 e. The molecule has 7 unspecified atom stereocenters. The molecule has 0 radical (unpaired) electrons. The molecule has 0 aliphatic heterocycles. The quantitative estimate of drug-likeness (QED) is 0.157. The van der Waals surface area contributed by atoms with Crippen LogP contribution in [0, 0.1) is 46.8 Å². The number of hydrogen-bond donors (Lipinski definition) is 0. The lowest BCUT2D eigenvalue weighted by Gasteiger charge is -2.47. The first-order chi connectivity index (χ1) is 20.8. The SMILES string of the molecule is COCOC(CC1C(CC(C)(C(F)(F)F)C(F)(F)F)C2C(C)C(C)C1C2C(OCOC)(C(F)(F)F)C(F)(F)F)(C(F)(F)F)C(F)(F)F. The summed E-state index contributed by atoms with van der Waals surface area (Å²) in [6.45, 7) is -2.58. The van der Waals surface area contributed by atoms with Gasteiger partial charge in [-0.3, -0.25) is 0 Å². The third-order valence-corrected chi connectivity index (χ3v) is 9.89. The van der Waals surface area contributed by atoms with E-state index in [1.54, 1.807) is 0 Å². The van der Waals surface area contributed by atoms with E-state index in [9.17, 15) is 79.0 Å². The molecule has 7 atom stereocenters. The van der Waals surface area contributed by atoms with Gasteiger partial charge in [-0.25, -0.2) is 0 Å². The fourth-order valence-electron chi connectivity index (χ4n) is 7.53. The highest BCUT2D eigenvalue weighted by molar-refractivity contribution is 5.19. The zero-order valence-corrected chi connectivity index (χ0v) is 24.8. The molecular weight excluding hydrogens is 706 g/mol. The molecule has 0 spiro atoms. The van der Waals surface area contributed by atoms with Crippen molar-refractivity contribution in [2.45, 2.75) is 81.9 Å². The highest BCUT2D eigenvalue weighted by Crippen LogP contribution is 2.73. The Labute approximate surface area is 255 Å². The molecule has 0 aromatic heterocycles. The second kappa shape index (κ2) is 12.7. The maximum absolute atomic E-state index is 14.7. The van der Waals surface area contributed by atoms with Gasteiger partial charge in [0, 0.05) is 20.1 Å². The lowest BCUT2D eigenvalue weighted by Crippen LogP contribution is -2.65. The zero-order valence-electron chi connectivity index (χ0n) is 24.8. The van der Waals surface area contributed by atoms with Crippen molar-refractivity contribution in [2.24, 2.45) is 46.8 Å². The third-order valence-electron chi connectivity index (χ3n) is 9.89. The van der Waals surface area contributed by atoms with Gasteiger partial charge < -0.3 is 18.9 Å². The van der Waals surface area contributed by atoms with E-state index in [0.717, 1.165) is 13.8 Å². The van der Waals surface area contributed by atoms with Crippen molar-refractivity contribution < 1.29 is 98.0 Å². The Morgan fingerprint density at radius 2 is 0.809 bits per heavy atom. The Morgan fingerprint density at radius 3 is 1.11 bits per heavy atom. The molecule has 0 aromatic rings. The first-order valence-corrected chi connectivity index (χ1v) is 13.4. The number of rotatable bonds is 11. The van der Waals surface area contributed by atoms with Gasteiger partial charge in [-0.2, -0.15) is 79.0 Å². The van der Waals surface area contributed by atoms with Crippen LogP contribution in [0.4, 0.5) is 79.0 Å². The van der Waals surface area contributed by atoms with Crippen LogP contribution in [0.5, 0.6) is 0 Å². The zero-order chi connectivity index (χ0) is 37.2. The molecule has 22 heteroatoms. The van der Waals surface area contributed by atoms with E-state index in [4.69, 9.17) is 0 Å². The number of halogens is 18. The lowest BCUT2D eigenvalue weighted by atomic mass is 9.62. The number of hydrogen-bond acceptors (Lipinski definition) is 4. The van der Waals surface area contributed by atoms with E-state index >= 15 is 0 Å².